The maximum atomic E-state index is 11.7. The molecular weight excluding hydrogens is 330 g/mol. The first-order chi connectivity index (χ1) is 12.6. The molecule has 26 heavy (non-hydrogen) atoms. The number of nitrogens with zero attached hydrogens (tertiary/aromatic N) is 1. The van der Waals surface area contributed by atoms with Crippen molar-refractivity contribution in [2.24, 2.45) is 4.99 Å². The van der Waals surface area contributed by atoms with Crippen LogP contribution in [-0.2, 0) is 11.2 Å². The maximum Gasteiger partial charge on any atom is 0.338 e. The van der Waals surface area contributed by atoms with Crippen LogP contribution in [-0.4, -0.2) is 30.5 Å². The lowest BCUT2D eigenvalue weighted by atomic mass is 10.1. The monoisotopic (exact) mass is 353 g/mol. The molecule has 0 aliphatic heterocycles. The fourth-order valence-electron chi connectivity index (χ4n) is 2.39. The molecule has 0 bridgehead atoms. The maximum absolute atomic E-state index is 11.7. The first-order valence-corrected chi connectivity index (χ1v) is 8.49. The molecular formula is C21H23NO4. The van der Waals surface area contributed by atoms with Gasteiger partial charge < -0.3 is 14.6 Å². The Balaban J connectivity index is 2.23. The van der Waals surface area contributed by atoms with E-state index in [2.05, 4.69) is 11.6 Å². The van der Waals surface area contributed by atoms with E-state index in [-0.39, 0.29) is 11.7 Å². The zero-order valence-corrected chi connectivity index (χ0v) is 15.1. The Labute approximate surface area is 153 Å². The van der Waals surface area contributed by atoms with E-state index in [1.807, 2.05) is 13.0 Å². The summed E-state index contributed by atoms with van der Waals surface area (Å²) in [5.41, 5.74) is 2.72. The smallest absolute Gasteiger partial charge is 0.338 e. The molecule has 5 nitrogen and oxygen atoms in total. The van der Waals surface area contributed by atoms with E-state index in [1.54, 1.807) is 49.5 Å². The molecule has 0 spiro atoms. The normalized spacial score (nSPS) is 10.7. The van der Waals surface area contributed by atoms with Crippen LogP contribution < -0.4 is 4.74 Å². The van der Waals surface area contributed by atoms with E-state index < -0.39 is 0 Å². The topological polar surface area (TPSA) is 68.1 Å². The molecule has 2 aromatic rings. The predicted molar refractivity (Wildman–Crippen MR) is 103 cm³/mol. The Morgan fingerprint density at radius 2 is 1.92 bits per heavy atom. The van der Waals surface area contributed by atoms with Crippen LogP contribution in [0.2, 0.25) is 0 Å². The van der Waals surface area contributed by atoms with Gasteiger partial charge in [-0.2, -0.15) is 0 Å². The van der Waals surface area contributed by atoms with Gasteiger partial charge in [-0.1, -0.05) is 6.08 Å². The quantitative estimate of drug-likeness (QED) is 0.432. The van der Waals surface area contributed by atoms with Gasteiger partial charge in [0.15, 0.2) is 11.5 Å². The molecule has 0 saturated carbocycles. The third-order valence-electron chi connectivity index (χ3n) is 3.58. The van der Waals surface area contributed by atoms with Crippen molar-refractivity contribution in [2.75, 3.05) is 13.2 Å². The Bertz CT molecular complexity index is 794. The van der Waals surface area contributed by atoms with Crippen LogP contribution in [0.15, 0.2) is 54.0 Å². The number of ether oxygens (including phenoxy) is 2. The van der Waals surface area contributed by atoms with Gasteiger partial charge in [-0.05, 0) is 62.2 Å². The van der Waals surface area contributed by atoms with Crippen molar-refractivity contribution in [3.8, 4) is 11.5 Å². The van der Waals surface area contributed by atoms with E-state index in [4.69, 9.17) is 9.47 Å². The van der Waals surface area contributed by atoms with Crippen molar-refractivity contribution in [3.05, 3.63) is 65.7 Å². The molecule has 5 heteroatoms. The third-order valence-corrected chi connectivity index (χ3v) is 3.58. The van der Waals surface area contributed by atoms with Gasteiger partial charge in [-0.15, -0.1) is 6.58 Å². The number of carbonyl (C=O) groups is 1. The molecule has 0 aliphatic carbocycles. The second-order valence-electron chi connectivity index (χ2n) is 5.48. The number of aliphatic imine (C=N–C) groups is 1. The largest absolute Gasteiger partial charge is 0.504 e. The van der Waals surface area contributed by atoms with E-state index >= 15 is 0 Å². The van der Waals surface area contributed by atoms with Crippen LogP contribution in [0.5, 0.6) is 11.5 Å². The van der Waals surface area contributed by atoms with E-state index in [0.717, 1.165) is 11.1 Å². The summed E-state index contributed by atoms with van der Waals surface area (Å²) >= 11 is 0. The van der Waals surface area contributed by atoms with Gasteiger partial charge in [0.1, 0.15) is 0 Å². The highest BCUT2D eigenvalue weighted by Crippen LogP contribution is 2.32. The first kappa shape index (κ1) is 19.2. The lowest BCUT2D eigenvalue weighted by Crippen LogP contribution is -2.03. The molecule has 0 fully saturated rings. The van der Waals surface area contributed by atoms with Crippen molar-refractivity contribution in [1.29, 1.82) is 0 Å². The average molecular weight is 353 g/mol. The highest BCUT2D eigenvalue weighted by atomic mass is 16.5. The summed E-state index contributed by atoms with van der Waals surface area (Å²) in [7, 11) is 0. The van der Waals surface area contributed by atoms with Gasteiger partial charge in [-0.3, -0.25) is 4.99 Å². The van der Waals surface area contributed by atoms with Gasteiger partial charge in [0.25, 0.3) is 0 Å². The van der Waals surface area contributed by atoms with Crippen molar-refractivity contribution < 1.29 is 19.4 Å². The first-order valence-electron chi connectivity index (χ1n) is 8.49. The van der Waals surface area contributed by atoms with Crippen molar-refractivity contribution >= 4 is 17.9 Å². The molecule has 0 saturated heterocycles. The zero-order valence-electron chi connectivity index (χ0n) is 15.1. The second kappa shape index (κ2) is 9.42. The molecule has 136 valence electrons. The van der Waals surface area contributed by atoms with Gasteiger partial charge in [0.2, 0.25) is 0 Å². The van der Waals surface area contributed by atoms with E-state index in [0.29, 0.717) is 36.6 Å². The molecule has 2 aromatic carbocycles. The van der Waals surface area contributed by atoms with E-state index in [9.17, 15) is 9.90 Å². The highest BCUT2D eigenvalue weighted by molar-refractivity contribution is 5.90. The number of hydrogen-bond donors (Lipinski definition) is 1. The molecule has 0 amide bonds. The van der Waals surface area contributed by atoms with Crippen LogP contribution in [0, 0.1) is 0 Å². The lowest BCUT2D eigenvalue weighted by Gasteiger charge is -2.10. The summed E-state index contributed by atoms with van der Waals surface area (Å²) in [5.74, 6) is 0.200. The Morgan fingerprint density at radius 3 is 2.54 bits per heavy atom. The predicted octanol–water partition coefficient (Wildman–Crippen LogP) is 4.45. The third kappa shape index (κ3) is 4.96. The molecule has 0 unspecified atom stereocenters. The fraction of sp³-hybridized carbons (Fsp3) is 0.238. The van der Waals surface area contributed by atoms with Gasteiger partial charge in [0.05, 0.1) is 24.5 Å². The van der Waals surface area contributed by atoms with Crippen LogP contribution in [0.4, 0.5) is 5.69 Å². The minimum absolute atomic E-state index is 0.127. The summed E-state index contributed by atoms with van der Waals surface area (Å²) in [4.78, 5) is 16.1. The van der Waals surface area contributed by atoms with E-state index in [1.165, 1.54) is 0 Å². The summed E-state index contributed by atoms with van der Waals surface area (Å²) in [6.45, 7) is 8.13. The number of esters is 1. The Kier molecular flexibility index (Phi) is 6.97. The lowest BCUT2D eigenvalue weighted by molar-refractivity contribution is 0.0526. The molecule has 0 atom stereocenters. The second-order valence-corrected chi connectivity index (χ2v) is 5.48. The number of rotatable bonds is 8. The van der Waals surface area contributed by atoms with Crippen LogP contribution in [0.1, 0.15) is 35.3 Å². The highest BCUT2D eigenvalue weighted by Gasteiger charge is 2.10. The van der Waals surface area contributed by atoms with Crippen LogP contribution >= 0.6 is 0 Å². The number of phenols is 1. The molecule has 0 radical (unpaired) electrons. The molecule has 1 N–H and O–H groups in total. The average Bonchev–Trinajstić information content (AvgIpc) is 2.64. The molecule has 2 rings (SSSR count). The number of allylic oxidation sites excluding steroid dienone is 1. The van der Waals surface area contributed by atoms with Crippen molar-refractivity contribution in [2.45, 2.75) is 20.3 Å². The minimum Gasteiger partial charge on any atom is -0.504 e. The standard InChI is InChI=1S/C21H23NO4/c1-4-7-17-12-15(13-19(20(17)23)25-5-2)14-22-18-10-8-16(9-11-18)21(24)26-6-3/h4,8-14,23H,1,5-7H2,2-3H3. The summed E-state index contributed by atoms with van der Waals surface area (Å²) < 4.78 is 10.4. The number of phenolic OH excluding ortho intramolecular Hbond substituents is 1. The van der Waals surface area contributed by atoms with Gasteiger partial charge in [-0.25, -0.2) is 4.79 Å². The van der Waals surface area contributed by atoms with Crippen molar-refractivity contribution in [1.82, 2.24) is 0 Å². The summed E-state index contributed by atoms with van der Waals surface area (Å²) in [6, 6.07) is 10.4. The molecule has 0 aromatic heterocycles. The molecule has 0 aliphatic rings. The van der Waals surface area contributed by atoms with Crippen LogP contribution in [0.25, 0.3) is 0 Å². The number of hydrogen-bond acceptors (Lipinski definition) is 5. The fourth-order valence-corrected chi connectivity index (χ4v) is 2.39. The molecule has 0 heterocycles. The SMILES string of the molecule is C=CCc1cc(C=Nc2ccc(C(=O)OCC)cc2)cc(OCC)c1O. The Hall–Kier alpha value is -3.08. The number of aromatic hydroxyl groups is 1. The number of benzene rings is 2. The van der Waals surface area contributed by atoms with Crippen LogP contribution in [0.3, 0.4) is 0 Å². The van der Waals surface area contributed by atoms with Gasteiger partial charge >= 0.3 is 5.97 Å². The Morgan fingerprint density at radius 1 is 1.19 bits per heavy atom. The zero-order chi connectivity index (χ0) is 18.9. The van der Waals surface area contributed by atoms with Crippen molar-refractivity contribution in [3.63, 3.8) is 0 Å². The summed E-state index contributed by atoms with van der Waals surface area (Å²) in [5, 5.41) is 10.2. The number of carbonyl (C=O) groups excluding carboxylic acids is 1. The minimum atomic E-state index is -0.350. The van der Waals surface area contributed by atoms with Gasteiger partial charge in [0, 0.05) is 11.8 Å². The summed E-state index contributed by atoms with van der Waals surface area (Å²) in [6.07, 6.45) is 3.94.